The van der Waals surface area contributed by atoms with Gasteiger partial charge in [-0.25, -0.2) is 0 Å². The standard InChI is InChI=1S/C6H14N2.C6H13N/c1-7-3-5-8(2)6-4-7;1-6-2-4-7-5-3-6/h3-6H2,1-2H3;6-7H,2-5H2,1H3. The number of nitrogens with zero attached hydrogens (tertiary/aromatic N) is 2. The molecular weight excluding hydrogens is 186 g/mol. The highest BCUT2D eigenvalue weighted by atomic mass is 15.2. The summed E-state index contributed by atoms with van der Waals surface area (Å²) in [4.78, 5) is 4.72. The third kappa shape index (κ3) is 6.13. The van der Waals surface area contributed by atoms with Crippen LogP contribution in [-0.2, 0) is 0 Å². The van der Waals surface area contributed by atoms with Gasteiger partial charge in [-0.1, -0.05) is 6.92 Å². The zero-order valence-electron chi connectivity index (χ0n) is 10.6. The molecule has 0 unspecified atom stereocenters. The van der Waals surface area contributed by atoms with E-state index < -0.39 is 0 Å². The summed E-state index contributed by atoms with van der Waals surface area (Å²) in [6.45, 7) is 9.73. The van der Waals surface area contributed by atoms with E-state index in [-0.39, 0.29) is 0 Å². The van der Waals surface area contributed by atoms with E-state index >= 15 is 0 Å². The van der Waals surface area contributed by atoms with Crippen molar-refractivity contribution < 1.29 is 0 Å². The lowest BCUT2D eigenvalue weighted by molar-refractivity contribution is 0.181. The van der Waals surface area contributed by atoms with Crippen molar-refractivity contribution in [3.8, 4) is 0 Å². The Morgan fingerprint density at radius 2 is 1.27 bits per heavy atom. The number of nitrogens with one attached hydrogen (secondary N) is 1. The van der Waals surface area contributed by atoms with Gasteiger partial charge in [0.05, 0.1) is 0 Å². The lowest BCUT2D eigenvalue weighted by Crippen LogP contribution is -2.42. The molecule has 2 fully saturated rings. The van der Waals surface area contributed by atoms with Crippen LogP contribution in [0.3, 0.4) is 0 Å². The Hall–Kier alpha value is -0.120. The van der Waals surface area contributed by atoms with Crippen LogP contribution in [0, 0.1) is 5.92 Å². The Kier molecular flexibility index (Phi) is 6.22. The lowest BCUT2D eigenvalue weighted by atomic mass is 10.0. The fourth-order valence-electron chi connectivity index (χ4n) is 1.87. The van der Waals surface area contributed by atoms with Gasteiger partial charge in [0.25, 0.3) is 0 Å². The Morgan fingerprint density at radius 3 is 1.53 bits per heavy atom. The molecular formula is C12H27N3. The van der Waals surface area contributed by atoms with Crippen LogP contribution >= 0.6 is 0 Å². The van der Waals surface area contributed by atoms with E-state index in [9.17, 15) is 0 Å². The van der Waals surface area contributed by atoms with Crippen molar-refractivity contribution in [3.05, 3.63) is 0 Å². The minimum atomic E-state index is 0.973. The monoisotopic (exact) mass is 213 g/mol. The summed E-state index contributed by atoms with van der Waals surface area (Å²) < 4.78 is 0. The molecule has 0 aromatic rings. The average molecular weight is 213 g/mol. The molecule has 2 aliphatic rings. The third-order valence-corrected chi connectivity index (χ3v) is 3.35. The largest absolute Gasteiger partial charge is 0.317 e. The van der Waals surface area contributed by atoms with Gasteiger partial charge >= 0.3 is 0 Å². The maximum atomic E-state index is 3.32. The summed E-state index contributed by atoms with van der Waals surface area (Å²) >= 11 is 0. The van der Waals surface area contributed by atoms with Crippen molar-refractivity contribution >= 4 is 0 Å². The molecule has 0 aromatic carbocycles. The van der Waals surface area contributed by atoms with Gasteiger partial charge in [0.1, 0.15) is 0 Å². The zero-order valence-corrected chi connectivity index (χ0v) is 10.6. The number of hydrogen-bond donors (Lipinski definition) is 1. The Bertz CT molecular complexity index is 137. The number of likely N-dealkylation sites (N-methyl/N-ethyl adjacent to an activating group) is 2. The molecule has 0 aliphatic carbocycles. The number of rotatable bonds is 0. The molecule has 0 radical (unpaired) electrons. The van der Waals surface area contributed by atoms with Crippen LogP contribution in [-0.4, -0.2) is 63.2 Å². The molecule has 0 amide bonds. The maximum Gasteiger partial charge on any atom is 0.0107 e. The van der Waals surface area contributed by atoms with E-state index in [0.29, 0.717) is 0 Å². The van der Waals surface area contributed by atoms with Crippen LogP contribution in [0.5, 0.6) is 0 Å². The van der Waals surface area contributed by atoms with Crippen LogP contribution in [0.1, 0.15) is 19.8 Å². The highest BCUT2D eigenvalue weighted by Crippen LogP contribution is 2.08. The average Bonchev–Trinajstić information content (AvgIpc) is 2.25. The summed E-state index contributed by atoms with van der Waals surface area (Å²) in [5.74, 6) is 0.973. The van der Waals surface area contributed by atoms with Crippen molar-refractivity contribution in [2.45, 2.75) is 19.8 Å². The molecule has 1 N–H and O–H groups in total. The van der Waals surface area contributed by atoms with Crippen LogP contribution in [0.15, 0.2) is 0 Å². The topological polar surface area (TPSA) is 18.5 Å². The van der Waals surface area contributed by atoms with Gasteiger partial charge in [-0.15, -0.1) is 0 Å². The van der Waals surface area contributed by atoms with Gasteiger partial charge in [-0.2, -0.15) is 0 Å². The van der Waals surface area contributed by atoms with Crippen molar-refractivity contribution in [2.24, 2.45) is 5.92 Å². The second-order valence-electron chi connectivity index (χ2n) is 5.04. The first-order valence-electron chi connectivity index (χ1n) is 6.26. The number of piperazine rings is 1. The van der Waals surface area contributed by atoms with Gasteiger partial charge in [0, 0.05) is 26.2 Å². The summed E-state index contributed by atoms with van der Waals surface area (Å²) in [5, 5.41) is 3.32. The van der Waals surface area contributed by atoms with Crippen LogP contribution in [0.25, 0.3) is 0 Å². The van der Waals surface area contributed by atoms with Gasteiger partial charge in [0.2, 0.25) is 0 Å². The Balaban J connectivity index is 0.000000151. The normalized spacial score (nSPS) is 25.8. The first-order chi connectivity index (χ1) is 7.18. The molecule has 0 spiro atoms. The summed E-state index contributed by atoms with van der Waals surface area (Å²) in [6.07, 6.45) is 2.75. The van der Waals surface area contributed by atoms with E-state index in [1.165, 1.54) is 52.1 Å². The van der Waals surface area contributed by atoms with Crippen molar-refractivity contribution in [1.82, 2.24) is 15.1 Å². The molecule has 2 saturated heterocycles. The molecule has 2 aliphatic heterocycles. The molecule has 3 heteroatoms. The predicted octanol–water partition coefficient (Wildman–Crippen LogP) is 0.870. The van der Waals surface area contributed by atoms with E-state index in [4.69, 9.17) is 0 Å². The Morgan fingerprint density at radius 1 is 0.867 bits per heavy atom. The fraction of sp³-hybridized carbons (Fsp3) is 1.00. The maximum absolute atomic E-state index is 3.32. The van der Waals surface area contributed by atoms with E-state index in [0.717, 1.165) is 5.92 Å². The number of hydrogen-bond acceptors (Lipinski definition) is 3. The zero-order chi connectivity index (χ0) is 11.1. The number of piperidine rings is 1. The summed E-state index contributed by atoms with van der Waals surface area (Å²) in [6, 6.07) is 0. The van der Waals surface area contributed by atoms with E-state index in [1.54, 1.807) is 0 Å². The molecule has 0 atom stereocenters. The summed E-state index contributed by atoms with van der Waals surface area (Å²) in [7, 11) is 4.35. The minimum Gasteiger partial charge on any atom is -0.317 e. The second kappa shape index (κ2) is 7.20. The van der Waals surface area contributed by atoms with Gasteiger partial charge in [-0.3, -0.25) is 0 Å². The summed E-state index contributed by atoms with van der Waals surface area (Å²) in [5.41, 5.74) is 0. The van der Waals surface area contributed by atoms with Crippen molar-refractivity contribution in [3.63, 3.8) is 0 Å². The van der Waals surface area contributed by atoms with E-state index in [1.807, 2.05) is 0 Å². The highest BCUT2D eigenvalue weighted by Gasteiger charge is 2.07. The lowest BCUT2D eigenvalue weighted by Gasteiger charge is -2.28. The molecule has 0 saturated carbocycles. The highest BCUT2D eigenvalue weighted by molar-refractivity contribution is 4.64. The quantitative estimate of drug-likeness (QED) is 0.644. The van der Waals surface area contributed by atoms with Crippen molar-refractivity contribution in [2.75, 3.05) is 53.4 Å². The van der Waals surface area contributed by atoms with Crippen LogP contribution < -0.4 is 5.32 Å². The fourth-order valence-corrected chi connectivity index (χ4v) is 1.87. The van der Waals surface area contributed by atoms with Crippen molar-refractivity contribution in [1.29, 1.82) is 0 Å². The third-order valence-electron chi connectivity index (χ3n) is 3.35. The van der Waals surface area contributed by atoms with Crippen LogP contribution in [0.4, 0.5) is 0 Å². The Labute approximate surface area is 94.8 Å². The molecule has 0 bridgehead atoms. The predicted molar refractivity (Wildman–Crippen MR) is 66.3 cm³/mol. The van der Waals surface area contributed by atoms with Gasteiger partial charge in [0.15, 0.2) is 0 Å². The van der Waals surface area contributed by atoms with Gasteiger partial charge < -0.3 is 15.1 Å². The molecule has 2 rings (SSSR count). The molecule has 90 valence electrons. The minimum absolute atomic E-state index is 0.973. The first kappa shape index (κ1) is 12.9. The SMILES string of the molecule is CC1CCNCC1.CN1CCN(C)CC1. The molecule has 0 aromatic heterocycles. The molecule has 3 nitrogen and oxygen atoms in total. The first-order valence-corrected chi connectivity index (χ1v) is 6.26. The van der Waals surface area contributed by atoms with E-state index in [2.05, 4.69) is 36.1 Å². The molecule has 2 heterocycles. The molecule has 15 heavy (non-hydrogen) atoms. The van der Waals surface area contributed by atoms with Crippen LogP contribution in [0.2, 0.25) is 0 Å². The second-order valence-corrected chi connectivity index (χ2v) is 5.04. The van der Waals surface area contributed by atoms with Gasteiger partial charge in [-0.05, 0) is 45.9 Å². The smallest absolute Gasteiger partial charge is 0.0107 e.